The van der Waals surface area contributed by atoms with Crippen LogP contribution in [0, 0.1) is 13.8 Å². The number of aryl methyl sites for hydroxylation is 1. The number of hydrogen-bond donors (Lipinski definition) is 1. The lowest BCUT2D eigenvalue weighted by atomic mass is 9.89. The lowest BCUT2D eigenvalue weighted by Crippen LogP contribution is -2.08. The predicted molar refractivity (Wildman–Crippen MR) is 71.1 cm³/mol. The molecule has 0 heterocycles. The molecule has 0 aliphatic rings. The van der Waals surface area contributed by atoms with Gasteiger partial charge in [-0.15, -0.1) is 0 Å². The molecule has 96 valence electrons. The number of nitrogens with two attached hydrogens (primary N) is 1. The summed E-state index contributed by atoms with van der Waals surface area (Å²) < 4.78 is 10.8. The summed E-state index contributed by atoms with van der Waals surface area (Å²) in [6, 6.07) is 2.04. The molecule has 1 aromatic rings. The maximum Gasteiger partial charge on any atom is 0.163 e. The van der Waals surface area contributed by atoms with Gasteiger partial charge in [0.25, 0.3) is 0 Å². The van der Waals surface area contributed by atoms with Crippen LogP contribution < -0.4 is 15.2 Å². The molecule has 0 bridgehead atoms. The SMILES string of the molecule is COc1cc(C)c(C(C)CCN)c(C)c1OC. The van der Waals surface area contributed by atoms with Crippen LogP contribution >= 0.6 is 0 Å². The maximum absolute atomic E-state index is 5.64. The zero-order valence-electron chi connectivity index (χ0n) is 11.5. The zero-order valence-corrected chi connectivity index (χ0v) is 11.5. The Hall–Kier alpha value is -1.22. The second kappa shape index (κ2) is 5.92. The van der Waals surface area contributed by atoms with E-state index < -0.39 is 0 Å². The zero-order chi connectivity index (χ0) is 13.0. The Morgan fingerprint density at radius 3 is 2.35 bits per heavy atom. The van der Waals surface area contributed by atoms with Gasteiger partial charge in [0, 0.05) is 0 Å². The van der Waals surface area contributed by atoms with Gasteiger partial charge in [-0.1, -0.05) is 6.92 Å². The lowest BCUT2D eigenvalue weighted by Gasteiger charge is -2.21. The van der Waals surface area contributed by atoms with Crippen LogP contribution in [0.25, 0.3) is 0 Å². The summed E-state index contributed by atoms with van der Waals surface area (Å²) in [6.07, 6.45) is 0.983. The van der Waals surface area contributed by atoms with Crippen LogP contribution in [0.1, 0.15) is 36.0 Å². The summed E-state index contributed by atoms with van der Waals surface area (Å²) in [5.74, 6) is 2.07. The minimum Gasteiger partial charge on any atom is -0.493 e. The predicted octanol–water partition coefficient (Wildman–Crippen LogP) is 2.77. The van der Waals surface area contributed by atoms with E-state index in [-0.39, 0.29) is 0 Å². The van der Waals surface area contributed by atoms with Crippen molar-refractivity contribution in [1.82, 2.24) is 0 Å². The van der Waals surface area contributed by atoms with Gasteiger partial charge < -0.3 is 15.2 Å². The molecular weight excluding hydrogens is 214 g/mol. The van der Waals surface area contributed by atoms with Crippen molar-refractivity contribution in [1.29, 1.82) is 0 Å². The highest BCUT2D eigenvalue weighted by Crippen LogP contribution is 2.38. The van der Waals surface area contributed by atoms with E-state index in [2.05, 4.69) is 20.8 Å². The van der Waals surface area contributed by atoms with Gasteiger partial charge in [0.05, 0.1) is 14.2 Å². The maximum atomic E-state index is 5.64. The molecular formula is C14H23NO2. The van der Waals surface area contributed by atoms with Crippen molar-refractivity contribution in [3.8, 4) is 11.5 Å². The second-order valence-corrected chi connectivity index (χ2v) is 4.45. The third-order valence-corrected chi connectivity index (χ3v) is 3.26. The molecule has 1 aromatic carbocycles. The second-order valence-electron chi connectivity index (χ2n) is 4.45. The molecule has 1 rings (SSSR count). The normalized spacial score (nSPS) is 12.4. The van der Waals surface area contributed by atoms with Crippen LogP contribution in [-0.4, -0.2) is 20.8 Å². The minimum atomic E-state index is 0.444. The van der Waals surface area contributed by atoms with E-state index in [0.29, 0.717) is 12.5 Å². The first kappa shape index (κ1) is 13.8. The summed E-state index contributed by atoms with van der Waals surface area (Å²) in [5, 5.41) is 0. The van der Waals surface area contributed by atoms with E-state index in [0.717, 1.165) is 23.5 Å². The van der Waals surface area contributed by atoms with Crippen molar-refractivity contribution in [2.45, 2.75) is 33.1 Å². The van der Waals surface area contributed by atoms with E-state index in [9.17, 15) is 0 Å². The quantitative estimate of drug-likeness (QED) is 0.856. The average molecular weight is 237 g/mol. The summed E-state index contributed by atoms with van der Waals surface area (Å²) >= 11 is 0. The third kappa shape index (κ3) is 2.72. The highest BCUT2D eigenvalue weighted by atomic mass is 16.5. The van der Waals surface area contributed by atoms with Crippen LogP contribution in [0.15, 0.2) is 6.07 Å². The fourth-order valence-electron chi connectivity index (χ4n) is 2.50. The smallest absolute Gasteiger partial charge is 0.163 e. The summed E-state index contributed by atoms with van der Waals surface area (Å²) in [7, 11) is 3.34. The Bertz CT molecular complexity index is 388. The minimum absolute atomic E-state index is 0.444. The first-order chi connectivity index (χ1) is 8.06. The van der Waals surface area contributed by atoms with Crippen molar-refractivity contribution in [3.05, 3.63) is 22.8 Å². The van der Waals surface area contributed by atoms with E-state index in [1.807, 2.05) is 6.07 Å². The van der Waals surface area contributed by atoms with E-state index in [1.165, 1.54) is 11.1 Å². The fraction of sp³-hybridized carbons (Fsp3) is 0.571. The van der Waals surface area contributed by atoms with Crippen molar-refractivity contribution in [2.75, 3.05) is 20.8 Å². The van der Waals surface area contributed by atoms with E-state index in [4.69, 9.17) is 15.2 Å². The van der Waals surface area contributed by atoms with Gasteiger partial charge in [0.2, 0.25) is 0 Å². The van der Waals surface area contributed by atoms with Crippen LogP contribution in [-0.2, 0) is 0 Å². The number of ether oxygens (including phenoxy) is 2. The molecule has 3 nitrogen and oxygen atoms in total. The Labute approximate surface area is 104 Å². The third-order valence-electron chi connectivity index (χ3n) is 3.26. The van der Waals surface area contributed by atoms with Crippen molar-refractivity contribution >= 4 is 0 Å². The summed E-state index contributed by atoms with van der Waals surface area (Å²) in [6.45, 7) is 7.09. The number of hydrogen-bond acceptors (Lipinski definition) is 3. The number of methoxy groups -OCH3 is 2. The van der Waals surface area contributed by atoms with Gasteiger partial charge in [-0.25, -0.2) is 0 Å². The average Bonchev–Trinajstić information content (AvgIpc) is 2.28. The molecule has 0 aliphatic carbocycles. The van der Waals surface area contributed by atoms with E-state index >= 15 is 0 Å². The highest BCUT2D eigenvalue weighted by molar-refractivity contribution is 5.54. The molecule has 0 spiro atoms. The molecule has 17 heavy (non-hydrogen) atoms. The Morgan fingerprint density at radius 1 is 1.24 bits per heavy atom. The van der Waals surface area contributed by atoms with Gasteiger partial charge in [0.1, 0.15) is 0 Å². The Balaban J connectivity index is 3.31. The van der Waals surface area contributed by atoms with E-state index in [1.54, 1.807) is 14.2 Å². The van der Waals surface area contributed by atoms with Gasteiger partial charge in [-0.05, 0) is 55.5 Å². The van der Waals surface area contributed by atoms with Gasteiger partial charge in [0.15, 0.2) is 11.5 Å². The molecule has 0 saturated heterocycles. The van der Waals surface area contributed by atoms with Crippen LogP contribution in [0.3, 0.4) is 0 Å². The van der Waals surface area contributed by atoms with Gasteiger partial charge in [-0.2, -0.15) is 0 Å². The van der Waals surface area contributed by atoms with Gasteiger partial charge >= 0.3 is 0 Å². The molecule has 2 N–H and O–H groups in total. The van der Waals surface area contributed by atoms with Crippen molar-refractivity contribution in [3.63, 3.8) is 0 Å². The van der Waals surface area contributed by atoms with Gasteiger partial charge in [-0.3, -0.25) is 0 Å². The molecule has 1 atom stereocenters. The Kier molecular flexibility index (Phi) is 4.82. The molecule has 1 unspecified atom stereocenters. The molecule has 0 aliphatic heterocycles. The topological polar surface area (TPSA) is 44.5 Å². The van der Waals surface area contributed by atoms with Crippen LogP contribution in [0.4, 0.5) is 0 Å². The largest absolute Gasteiger partial charge is 0.493 e. The van der Waals surface area contributed by atoms with Crippen LogP contribution in [0.2, 0.25) is 0 Å². The highest BCUT2D eigenvalue weighted by Gasteiger charge is 2.18. The molecule has 3 heteroatoms. The van der Waals surface area contributed by atoms with Crippen LogP contribution in [0.5, 0.6) is 11.5 Å². The molecule has 0 saturated carbocycles. The first-order valence-corrected chi connectivity index (χ1v) is 5.98. The first-order valence-electron chi connectivity index (χ1n) is 5.98. The fourth-order valence-corrected chi connectivity index (χ4v) is 2.50. The van der Waals surface area contributed by atoms with Crippen molar-refractivity contribution < 1.29 is 9.47 Å². The molecule has 0 fully saturated rings. The Morgan fingerprint density at radius 2 is 1.88 bits per heavy atom. The van der Waals surface area contributed by atoms with Crippen molar-refractivity contribution in [2.24, 2.45) is 5.73 Å². The molecule has 0 aromatic heterocycles. The monoisotopic (exact) mass is 237 g/mol. The standard InChI is InChI=1S/C14H23NO2/c1-9(6-7-15)13-10(2)8-12(16-4)14(17-5)11(13)3/h8-9H,6-7,15H2,1-5H3. The molecule has 0 radical (unpaired) electrons. The lowest BCUT2D eigenvalue weighted by molar-refractivity contribution is 0.351. The molecule has 0 amide bonds. The summed E-state index contributed by atoms with van der Waals surface area (Å²) in [5.41, 5.74) is 9.36. The number of benzene rings is 1. The summed E-state index contributed by atoms with van der Waals surface area (Å²) in [4.78, 5) is 0. The number of rotatable bonds is 5.